The van der Waals surface area contributed by atoms with Crippen LogP contribution in [0.15, 0.2) is 0 Å². The van der Waals surface area contributed by atoms with E-state index in [4.69, 9.17) is 13.6 Å². The Bertz CT molecular complexity index is 534. The molecule has 0 aromatic rings. The number of carbonyl (C=O) groups is 1. The summed E-state index contributed by atoms with van der Waals surface area (Å²) in [5.74, 6) is 1.06. The molecule has 0 aliphatic carbocycles. The molecule has 0 bridgehead atoms. The first-order chi connectivity index (χ1) is 16.9. The highest BCUT2D eigenvalue weighted by Crippen LogP contribution is 2.52. The molecule has 0 amide bonds. The molecule has 0 N–H and O–H groups in total. The topological polar surface area (TPSA) is 71.1 Å². The lowest BCUT2D eigenvalue weighted by Gasteiger charge is -2.27. The van der Waals surface area contributed by atoms with Crippen molar-refractivity contribution in [3.63, 3.8) is 0 Å². The predicted molar refractivity (Wildman–Crippen MR) is 149 cm³/mol. The molecule has 6 nitrogen and oxygen atoms in total. The lowest BCUT2D eigenvalue weighted by molar-refractivity contribution is 0.0669. The van der Waals surface area contributed by atoms with Crippen LogP contribution in [0.3, 0.4) is 0 Å². The number of phosphoric ester groups is 1. The van der Waals surface area contributed by atoms with E-state index in [9.17, 15) is 9.36 Å². The van der Waals surface area contributed by atoms with E-state index in [1.165, 1.54) is 97.0 Å². The van der Waals surface area contributed by atoms with E-state index in [2.05, 4.69) is 18.6 Å². The molecule has 0 heterocycles. The Morgan fingerprint density at radius 3 is 1.80 bits per heavy atom. The van der Waals surface area contributed by atoms with Crippen LogP contribution in [-0.2, 0) is 22.9 Å². The van der Waals surface area contributed by atoms with Crippen LogP contribution in [0.2, 0.25) is 0 Å². The van der Waals surface area contributed by atoms with E-state index >= 15 is 0 Å². The van der Waals surface area contributed by atoms with Crippen LogP contribution < -0.4 is 0 Å². The highest BCUT2D eigenvalue weighted by molar-refractivity contribution is 7.99. The highest BCUT2D eigenvalue weighted by atomic mass is 32.2. The number of hydrogen-bond acceptors (Lipinski definition) is 7. The summed E-state index contributed by atoms with van der Waals surface area (Å²) in [7, 11) is -2.85. The fourth-order valence-corrected chi connectivity index (χ4v) is 6.70. The van der Waals surface area contributed by atoms with Crippen LogP contribution in [-0.4, -0.2) is 37.0 Å². The molecule has 8 heteroatoms. The molecule has 0 aromatic heterocycles. The van der Waals surface area contributed by atoms with Gasteiger partial charge in [0.05, 0.1) is 19.8 Å². The third kappa shape index (κ3) is 20.5. The van der Waals surface area contributed by atoms with E-state index < -0.39 is 14.0 Å². The molecule has 0 aromatic carbocycles. The first-order valence-corrected chi connectivity index (χ1v) is 16.7. The Hall–Kier alpha value is -0.230. The second-order valence-corrected chi connectivity index (χ2v) is 12.3. The van der Waals surface area contributed by atoms with Crippen molar-refractivity contribution in [3.8, 4) is 0 Å². The van der Waals surface area contributed by atoms with Crippen LogP contribution in [0.25, 0.3) is 0 Å². The van der Waals surface area contributed by atoms with Crippen LogP contribution in [0.5, 0.6) is 0 Å². The van der Waals surface area contributed by atoms with E-state index in [0.29, 0.717) is 6.42 Å². The molecule has 3 unspecified atom stereocenters. The number of phosphoric acid groups is 1. The Labute approximate surface area is 221 Å². The van der Waals surface area contributed by atoms with Gasteiger partial charge in [-0.25, -0.2) is 9.36 Å². The van der Waals surface area contributed by atoms with Crippen molar-refractivity contribution >= 4 is 25.7 Å². The molecular formula is C27H55O6PS. The number of ether oxygens (including phenoxy) is 1. The second kappa shape index (κ2) is 24.1. The van der Waals surface area contributed by atoms with Gasteiger partial charge >= 0.3 is 14.0 Å². The van der Waals surface area contributed by atoms with Crippen molar-refractivity contribution in [3.05, 3.63) is 0 Å². The number of thioether (sulfide) groups is 1. The van der Waals surface area contributed by atoms with Gasteiger partial charge in [-0.1, -0.05) is 111 Å². The summed E-state index contributed by atoms with van der Waals surface area (Å²) in [6.45, 7) is 8.49. The van der Waals surface area contributed by atoms with Gasteiger partial charge in [-0.3, -0.25) is 9.05 Å². The van der Waals surface area contributed by atoms with Gasteiger partial charge in [0.2, 0.25) is 0 Å². The monoisotopic (exact) mass is 538 g/mol. The number of methoxy groups -OCH3 is 1. The minimum atomic E-state index is -4.03. The Morgan fingerprint density at radius 1 is 0.771 bits per heavy atom. The van der Waals surface area contributed by atoms with E-state index in [1.54, 1.807) is 0 Å². The lowest BCUT2D eigenvalue weighted by Crippen LogP contribution is -2.24. The summed E-state index contributed by atoms with van der Waals surface area (Å²) in [4.78, 5) is 11.6. The number of hydrogen-bond donors (Lipinski definition) is 0. The molecule has 0 fully saturated rings. The lowest BCUT2D eigenvalue weighted by atomic mass is 10.1. The first-order valence-electron chi connectivity index (χ1n) is 14.2. The summed E-state index contributed by atoms with van der Waals surface area (Å²) in [5.41, 5.74) is 0. The normalized spacial score (nSPS) is 14.9. The smallest absolute Gasteiger partial charge is 0.437 e. The molecule has 0 aliphatic heterocycles. The minimum absolute atomic E-state index is 0.176. The Kier molecular flexibility index (Phi) is 24.0. The zero-order chi connectivity index (χ0) is 26.2. The summed E-state index contributed by atoms with van der Waals surface area (Å²) in [6, 6.07) is 0. The van der Waals surface area contributed by atoms with Gasteiger partial charge in [0, 0.05) is 5.25 Å². The van der Waals surface area contributed by atoms with E-state index in [0.717, 1.165) is 18.6 Å². The largest absolute Gasteiger partial charge is 0.534 e. The van der Waals surface area contributed by atoms with Gasteiger partial charge in [-0.2, -0.15) is 11.8 Å². The molecular weight excluding hydrogens is 483 g/mol. The summed E-state index contributed by atoms with van der Waals surface area (Å²) >= 11 is 1.89. The molecule has 35 heavy (non-hydrogen) atoms. The second-order valence-electron chi connectivity index (χ2n) is 9.43. The van der Waals surface area contributed by atoms with Crippen molar-refractivity contribution < 1.29 is 27.7 Å². The molecule has 0 aliphatic rings. The van der Waals surface area contributed by atoms with Crippen LogP contribution >= 0.6 is 19.6 Å². The summed E-state index contributed by atoms with van der Waals surface area (Å²) < 4.78 is 33.7. The molecule has 0 saturated carbocycles. The van der Waals surface area contributed by atoms with Gasteiger partial charge in [-0.15, -0.1) is 0 Å². The molecule has 0 spiro atoms. The third-order valence-corrected chi connectivity index (χ3v) is 9.08. The molecule has 0 saturated heterocycles. The molecule has 0 rings (SSSR count). The van der Waals surface area contributed by atoms with Crippen molar-refractivity contribution in [2.45, 2.75) is 148 Å². The number of rotatable bonds is 25. The zero-order valence-electron chi connectivity index (χ0n) is 23.4. The van der Waals surface area contributed by atoms with Crippen LogP contribution in [0, 0.1) is 0 Å². The fourth-order valence-electron chi connectivity index (χ4n) is 3.91. The van der Waals surface area contributed by atoms with Crippen molar-refractivity contribution in [1.82, 2.24) is 0 Å². The number of carbonyl (C=O) groups excluding carboxylic acids is 1. The van der Waals surface area contributed by atoms with Crippen molar-refractivity contribution in [2.75, 3.05) is 19.5 Å². The standard InChI is InChI=1S/C27H55O6PS/c1-6-9-11-13-15-17-19-21-24-35-26(22-20-18-16-14-12-10-7-2)25(4)32-34(29,31-23-8-3)33-27(28)30-5/h25-26H,6-24H2,1-5H3. The maximum atomic E-state index is 13.1. The molecule has 210 valence electrons. The maximum Gasteiger partial charge on any atom is 0.534 e. The SMILES string of the molecule is CCCCCCCCCCSC(CCCCCCCCC)C(C)OP(=O)(OCCC)OC(=O)OC. The summed E-state index contributed by atoms with van der Waals surface area (Å²) in [6.07, 6.45) is 19.4. The van der Waals surface area contributed by atoms with Crippen LogP contribution in [0.4, 0.5) is 4.79 Å². The maximum absolute atomic E-state index is 13.1. The highest BCUT2D eigenvalue weighted by Gasteiger charge is 2.36. The zero-order valence-corrected chi connectivity index (χ0v) is 25.1. The van der Waals surface area contributed by atoms with Crippen LogP contribution in [0.1, 0.15) is 137 Å². The third-order valence-electron chi connectivity index (χ3n) is 6.05. The van der Waals surface area contributed by atoms with Gasteiger partial charge in [0.15, 0.2) is 0 Å². The Morgan fingerprint density at radius 2 is 1.29 bits per heavy atom. The Balaban J connectivity index is 4.72. The van der Waals surface area contributed by atoms with Crippen molar-refractivity contribution in [2.24, 2.45) is 0 Å². The average Bonchev–Trinajstić information content (AvgIpc) is 2.84. The van der Waals surface area contributed by atoms with Gasteiger partial charge in [-0.05, 0) is 31.9 Å². The van der Waals surface area contributed by atoms with E-state index in [1.807, 2.05) is 25.6 Å². The van der Waals surface area contributed by atoms with Gasteiger partial charge < -0.3 is 9.26 Å². The van der Waals surface area contributed by atoms with Crippen molar-refractivity contribution in [1.29, 1.82) is 0 Å². The van der Waals surface area contributed by atoms with Gasteiger partial charge in [0.25, 0.3) is 0 Å². The van der Waals surface area contributed by atoms with E-state index in [-0.39, 0.29) is 18.0 Å². The molecule has 3 atom stereocenters. The van der Waals surface area contributed by atoms with Gasteiger partial charge in [0.1, 0.15) is 0 Å². The minimum Gasteiger partial charge on any atom is -0.437 e. The molecule has 0 radical (unpaired) electrons. The quantitative estimate of drug-likeness (QED) is 0.0650. The number of unbranched alkanes of at least 4 members (excludes halogenated alkanes) is 13. The fraction of sp³-hybridized carbons (Fsp3) is 0.963. The average molecular weight is 539 g/mol. The predicted octanol–water partition coefficient (Wildman–Crippen LogP) is 10.1. The summed E-state index contributed by atoms with van der Waals surface area (Å²) in [5, 5.41) is 0.176. The first kappa shape index (κ1) is 34.8.